The first kappa shape index (κ1) is 15.9. The Bertz CT molecular complexity index is 778. The molecule has 0 unspecified atom stereocenters. The molecule has 0 bridgehead atoms. The van der Waals surface area contributed by atoms with Crippen molar-refractivity contribution in [2.24, 2.45) is 0 Å². The van der Waals surface area contributed by atoms with E-state index in [0.717, 1.165) is 16.7 Å². The number of rotatable bonds is 3. The van der Waals surface area contributed by atoms with Crippen molar-refractivity contribution in [3.63, 3.8) is 0 Å². The van der Waals surface area contributed by atoms with Crippen molar-refractivity contribution < 1.29 is 8.42 Å². The van der Waals surface area contributed by atoms with Crippen LogP contribution in [0.5, 0.6) is 0 Å². The van der Waals surface area contributed by atoms with Gasteiger partial charge in [0, 0.05) is 4.47 Å². The molecule has 0 saturated carbocycles. The number of nitrogens with two attached hydrogens (primary N) is 1. The predicted octanol–water partition coefficient (Wildman–Crippen LogP) is 3.76. The Balaban J connectivity index is 2.47. The quantitative estimate of drug-likeness (QED) is 0.810. The molecule has 6 heteroatoms. The van der Waals surface area contributed by atoms with E-state index in [2.05, 4.69) is 20.7 Å². The van der Waals surface area contributed by atoms with Crippen LogP contribution in [0.4, 0.5) is 11.4 Å². The summed E-state index contributed by atoms with van der Waals surface area (Å²) < 4.78 is 28.3. The van der Waals surface area contributed by atoms with Gasteiger partial charge in [-0.1, -0.05) is 12.1 Å². The lowest BCUT2D eigenvalue weighted by atomic mass is 10.1. The van der Waals surface area contributed by atoms with Crippen molar-refractivity contribution >= 4 is 37.3 Å². The lowest BCUT2D eigenvalue weighted by Gasteiger charge is -2.14. The number of anilines is 2. The summed E-state index contributed by atoms with van der Waals surface area (Å²) in [6.45, 7) is 5.67. The summed E-state index contributed by atoms with van der Waals surface area (Å²) in [4.78, 5) is 0.0833. The van der Waals surface area contributed by atoms with Crippen LogP contribution in [0.25, 0.3) is 0 Å². The lowest BCUT2D eigenvalue weighted by Crippen LogP contribution is -2.16. The number of halogens is 1. The number of aryl methyl sites for hydroxylation is 3. The maximum absolute atomic E-state index is 12.5. The van der Waals surface area contributed by atoms with E-state index in [-0.39, 0.29) is 10.6 Å². The van der Waals surface area contributed by atoms with Crippen LogP contribution < -0.4 is 10.5 Å². The topological polar surface area (TPSA) is 72.2 Å². The van der Waals surface area contributed by atoms with Crippen molar-refractivity contribution in [2.75, 3.05) is 10.5 Å². The molecule has 0 aliphatic carbocycles. The smallest absolute Gasteiger partial charge is 0.263 e. The average molecular weight is 369 g/mol. The maximum Gasteiger partial charge on any atom is 0.263 e. The van der Waals surface area contributed by atoms with E-state index in [4.69, 9.17) is 5.73 Å². The van der Waals surface area contributed by atoms with Gasteiger partial charge in [-0.05, 0) is 71.6 Å². The molecule has 3 N–H and O–H groups in total. The average Bonchev–Trinajstić information content (AvgIpc) is 2.33. The van der Waals surface area contributed by atoms with Gasteiger partial charge in [0.05, 0.1) is 11.4 Å². The van der Waals surface area contributed by atoms with Gasteiger partial charge in [0.2, 0.25) is 0 Å². The molecule has 0 heterocycles. The van der Waals surface area contributed by atoms with Gasteiger partial charge < -0.3 is 5.73 Å². The second kappa shape index (κ2) is 5.69. The molecule has 2 rings (SSSR count). The fraction of sp³-hybridized carbons (Fsp3) is 0.200. The molecule has 0 aliphatic rings. The first-order chi connectivity index (χ1) is 9.70. The van der Waals surface area contributed by atoms with Crippen LogP contribution in [-0.2, 0) is 10.0 Å². The van der Waals surface area contributed by atoms with Crippen LogP contribution in [-0.4, -0.2) is 8.42 Å². The zero-order valence-electron chi connectivity index (χ0n) is 12.1. The number of nitrogens with one attached hydrogen (secondary N) is 1. The Morgan fingerprint density at radius 1 is 1.05 bits per heavy atom. The molecule has 21 heavy (non-hydrogen) atoms. The van der Waals surface area contributed by atoms with Gasteiger partial charge >= 0.3 is 0 Å². The molecule has 2 aromatic rings. The van der Waals surface area contributed by atoms with Crippen LogP contribution in [0.2, 0.25) is 0 Å². The van der Waals surface area contributed by atoms with Crippen LogP contribution in [0.3, 0.4) is 0 Å². The summed E-state index contributed by atoms with van der Waals surface area (Å²) in [7, 11) is -3.72. The minimum absolute atomic E-state index is 0.0833. The highest BCUT2D eigenvalue weighted by Gasteiger charge is 2.19. The van der Waals surface area contributed by atoms with Crippen molar-refractivity contribution in [1.29, 1.82) is 0 Å². The number of benzene rings is 2. The van der Waals surface area contributed by atoms with Gasteiger partial charge in [-0.15, -0.1) is 0 Å². The van der Waals surface area contributed by atoms with Gasteiger partial charge in [-0.25, -0.2) is 8.42 Å². The summed E-state index contributed by atoms with van der Waals surface area (Å²) in [6, 6.07) is 8.67. The molecule has 0 saturated heterocycles. The predicted molar refractivity (Wildman–Crippen MR) is 90.0 cm³/mol. The molecule has 0 amide bonds. The van der Waals surface area contributed by atoms with Crippen molar-refractivity contribution in [1.82, 2.24) is 0 Å². The highest BCUT2D eigenvalue weighted by molar-refractivity contribution is 9.10. The Labute approximate surface area is 133 Å². The van der Waals surface area contributed by atoms with E-state index < -0.39 is 10.0 Å². The third-order valence-corrected chi connectivity index (χ3v) is 5.17. The highest BCUT2D eigenvalue weighted by atomic mass is 79.9. The molecule has 0 aromatic heterocycles. The first-order valence-electron chi connectivity index (χ1n) is 6.36. The van der Waals surface area contributed by atoms with E-state index in [0.29, 0.717) is 10.2 Å². The first-order valence-corrected chi connectivity index (χ1v) is 8.64. The largest absolute Gasteiger partial charge is 0.398 e. The molecule has 4 nitrogen and oxygen atoms in total. The fourth-order valence-corrected chi connectivity index (χ4v) is 4.32. The third-order valence-electron chi connectivity index (χ3n) is 3.12. The highest BCUT2D eigenvalue weighted by Crippen LogP contribution is 2.31. The molecular formula is C15H17BrN2O2S. The number of hydrogen-bond acceptors (Lipinski definition) is 3. The summed E-state index contributed by atoms with van der Waals surface area (Å²) in [5.41, 5.74) is 9.41. The van der Waals surface area contributed by atoms with Gasteiger partial charge in [-0.3, -0.25) is 4.72 Å². The van der Waals surface area contributed by atoms with Crippen LogP contribution in [0.1, 0.15) is 16.7 Å². The SMILES string of the molecule is Cc1ccc(S(=O)(=O)Nc2c(C)cc(C)cc2Br)c(N)c1. The van der Waals surface area contributed by atoms with Gasteiger partial charge in [-0.2, -0.15) is 0 Å². The lowest BCUT2D eigenvalue weighted by molar-refractivity contribution is 0.601. The van der Waals surface area contributed by atoms with E-state index >= 15 is 0 Å². The monoisotopic (exact) mass is 368 g/mol. The normalized spacial score (nSPS) is 11.4. The third kappa shape index (κ3) is 3.39. The second-order valence-electron chi connectivity index (χ2n) is 5.09. The Kier molecular flexibility index (Phi) is 4.30. The summed E-state index contributed by atoms with van der Waals surface area (Å²) in [5.74, 6) is 0. The van der Waals surface area contributed by atoms with Gasteiger partial charge in [0.15, 0.2) is 0 Å². The minimum atomic E-state index is -3.72. The van der Waals surface area contributed by atoms with Crippen molar-refractivity contribution in [3.8, 4) is 0 Å². The number of hydrogen-bond donors (Lipinski definition) is 2. The minimum Gasteiger partial charge on any atom is -0.398 e. The zero-order valence-corrected chi connectivity index (χ0v) is 14.5. The molecular weight excluding hydrogens is 352 g/mol. The van der Waals surface area contributed by atoms with E-state index in [1.165, 1.54) is 6.07 Å². The van der Waals surface area contributed by atoms with Crippen LogP contribution in [0, 0.1) is 20.8 Å². The zero-order chi connectivity index (χ0) is 15.8. The van der Waals surface area contributed by atoms with E-state index in [9.17, 15) is 8.42 Å². The summed E-state index contributed by atoms with van der Waals surface area (Å²) in [6.07, 6.45) is 0. The number of nitrogen functional groups attached to an aromatic ring is 1. The van der Waals surface area contributed by atoms with Crippen molar-refractivity contribution in [2.45, 2.75) is 25.7 Å². The standard InChI is InChI=1S/C15H17BrN2O2S/c1-9-4-5-14(13(17)8-9)21(19,20)18-15-11(3)6-10(2)7-12(15)16/h4-8,18H,17H2,1-3H3. The van der Waals surface area contributed by atoms with Crippen LogP contribution >= 0.6 is 15.9 Å². The molecule has 112 valence electrons. The van der Waals surface area contributed by atoms with Gasteiger partial charge in [0.1, 0.15) is 4.90 Å². The fourth-order valence-electron chi connectivity index (χ4n) is 2.15. The van der Waals surface area contributed by atoms with E-state index in [1.54, 1.807) is 12.1 Å². The Morgan fingerprint density at radius 2 is 1.71 bits per heavy atom. The van der Waals surface area contributed by atoms with E-state index in [1.807, 2.05) is 32.9 Å². The number of sulfonamides is 1. The van der Waals surface area contributed by atoms with Gasteiger partial charge in [0.25, 0.3) is 10.0 Å². The Hall–Kier alpha value is -1.53. The van der Waals surface area contributed by atoms with Crippen molar-refractivity contribution in [3.05, 3.63) is 51.5 Å². The summed E-state index contributed by atoms with van der Waals surface area (Å²) in [5, 5.41) is 0. The molecule has 0 spiro atoms. The summed E-state index contributed by atoms with van der Waals surface area (Å²) >= 11 is 3.40. The maximum atomic E-state index is 12.5. The molecule has 0 fully saturated rings. The molecule has 0 radical (unpaired) electrons. The molecule has 0 aliphatic heterocycles. The van der Waals surface area contributed by atoms with Crippen LogP contribution in [0.15, 0.2) is 39.7 Å². The molecule has 2 aromatic carbocycles. The second-order valence-corrected chi connectivity index (χ2v) is 7.59. The molecule has 0 atom stereocenters. The Morgan fingerprint density at radius 3 is 2.29 bits per heavy atom.